The van der Waals surface area contributed by atoms with Crippen molar-refractivity contribution in [3.05, 3.63) is 0 Å². The van der Waals surface area contributed by atoms with Crippen LogP contribution in [0.1, 0.15) is 466 Å². The minimum atomic E-state index is -4.97. The van der Waals surface area contributed by atoms with Gasteiger partial charge in [-0.15, -0.1) is 0 Å². The Hall–Kier alpha value is -1.94. The topological polar surface area (TPSA) is 237 Å². The molecule has 0 bridgehead atoms. The molecule has 0 aromatic carbocycles. The molecule has 0 saturated heterocycles. The first-order valence-electron chi connectivity index (χ1n) is 45.4. The van der Waals surface area contributed by atoms with Crippen LogP contribution in [-0.2, 0) is 65.4 Å². The molecule has 0 heterocycles. The van der Waals surface area contributed by atoms with Crippen molar-refractivity contribution in [3.8, 4) is 0 Å². The van der Waals surface area contributed by atoms with Crippen LogP contribution in [0.15, 0.2) is 0 Å². The predicted molar refractivity (Wildman–Crippen MR) is 441 cm³/mol. The van der Waals surface area contributed by atoms with Gasteiger partial charge in [0, 0.05) is 25.7 Å². The van der Waals surface area contributed by atoms with Gasteiger partial charge in [-0.3, -0.25) is 37.3 Å². The van der Waals surface area contributed by atoms with Crippen LogP contribution in [0.4, 0.5) is 0 Å². The SMILES string of the molecule is CCCCCCCCCCCCCCC(=O)OC[C@H](COP(=O)(O)OC[C@H](O)COP(=O)(O)OC[C@@H](COC(=O)CCCCCCCCCCCCCCCCCCCCC(C)C)OC(=O)CCCCCCCCCCCCCCCCCCCCC(C)CC)OC(=O)CCCCCCCCCCCC(C)C. The number of phosphoric acid groups is 2. The lowest BCUT2D eigenvalue weighted by atomic mass is 9.99. The van der Waals surface area contributed by atoms with E-state index in [1.807, 2.05) is 0 Å². The number of hydrogen-bond acceptors (Lipinski definition) is 15. The molecule has 3 unspecified atom stereocenters. The molecule has 0 rings (SSSR count). The lowest BCUT2D eigenvalue weighted by molar-refractivity contribution is -0.161. The summed E-state index contributed by atoms with van der Waals surface area (Å²) in [6.07, 6.45) is 69.5. The van der Waals surface area contributed by atoms with Gasteiger partial charge < -0.3 is 33.8 Å². The molecule has 0 aromatic rings. The average Bonchev–Trinajstić information content (AvgIpc) is 0.913. The number of aliphatic hydroxyl groups is 1. The Bertz CT molecular complexity index is 2060. The zero-order valence-corrected chi connectivity index (χ0v) is 72.4. The average molecular weight is 1560 g/mol. The summed E-state index contributed by atoms with van der Waals surface area (Å²) in [6, 6.07) is 0. The quantitative estimate of drug-likeness (QED) is 0.0222. The van der Waals surface area contributed by atoms with Crippen LogP contribution in [0.25, 0.3) is 0 Å². The molecule has 0 radical (unpaired) electrons. The summed E-state index contributed by atoms with van der Waals surface area (Å²) < 4.78 is 68.9. The fourth-order valence-electron chi connectivity index (χ4n) is 13.7. The fraction of sp³-hybridized carbons (Fsp3) is 0.955. The van der Waals surface area contributed by atoms with Gasteiger partial charge in [0.15, 0.2) is 12.2 Å². The van der Waals surface area contributed by atoms with Gasteiger partial charge >= 0.3 is 39.5 Å². The number of unbranched alkanes of at least 4 members (excludes halogenated alkanes) is 53. The molecule has 0 fully saturated rings. The number of carbonyl (C=O) groups excluding carboxylic acids is 4. The Morgan fingerprint density at radius 3 is 0.710 bits per heavy atom. The summed E-state index contributed by atoms with van der Waals surface area (Å²) in [4.78, 5) is 73.3. The van der Waals surface area contributed by atoms with E-state index in [9.17, 15) is 43.2 Å². The number of aliphatic hydroxyl groups excluding tert-OH is 1. The Labute approximate surface area is 658 Å². The number of rotatable bonds is 86. The van der Waals surface area contributed by atoms with Crippen LogP contribution >= 0.6 is 15.6 Å². The molecule has 17 nitrogen and oxygen atoms in total. The van der Waals surface area contributed by atoms with E-state index in [1.54, 1.807) is 0 Å². The Morgan fingerprint density at radius 2 is 0.477 bits per heavy atom. The van der Waals surface area contributed by atoms with E-state index in [1.165, 1.54) is 276 Å². The molecule has 636 valence electrons. The predicted octanol–water partition coefficient (Wildman–Crippen LogP) is 26.9. The van der Waals surface area contributed by atoms with Crippen molar-refractivity contribution < 1.29 is 80.2 Å². The van der Waals surface area contributed by atoms with Gasteiger partial charge in [-0.1, -0.05) is 414 Å². The summed E-state index contributed by atoms with van der Waals surface area (Å²) in [6.45, 7) is 12.1. The van der Waals surface area contributed by atoms with Gasteiger partial charge in [-0.2, -0.15) is 0 Å². The maximum Gasteiger partial charge on any atom is 0.472 e. The van der Waals surface area contributed by atoms with E-state index in [4.69, 9.17) is 37.0 Å². The lowest BCUT2D eigenvalue weighted by Crippen LogP contribution is -2.30. The second kappa shape index (κ2) is 78.0. The number of ether oxygens (including phenoxy) is 4. The molecule has 0 amide bonds. The van der Waals surface area contributed by atoms with Crippen molar-refractivity contribution in [2.75, 3.05) is 39.6 Å². The second-order valence-electron chi connectivity index (χ2n) is 32.8. The molecule has 0 aliphatic heterocycles. The molecule has 3 N–H and O–H groups in total. The van der Waals surface area contributed by atoms with E-state index in [2.05, 4.69) is 48.5 Å². The first-order chi connectivity index (χ1) is 51.8. The number of hydrogen-bond donors (Lipinski definition) is 3. The molecular formula is C88H172O17P2. The summed E-state index contributed by atoms with van der Waals surface area (Å²) in [5, 5.41) is 10.7. The monoisotopic (exact) mass is 1560 g/mol. The molecule has 0 aromatic heterocycles. The number of carbonyl (C=O) groups is 4. The molecule has 0 saturated carbocycles. The van der Waals surface area contributed by atoms with Crippen molar-refractivity contribution >= 4 is 39.5 Å². The maximum atomic E-state index is 13.2. The highest BCUT2D eigenvalue weighted by Crippen LogP contribution is 2.45. The van der Waals surface area contributed by atoms with E-state index in [0.29, 0.717) is 25.7 Å². The van der Waals surface area contributed by atoms with Crippen molar-refractivity contribution in [2.24, 2.45) is 17.8 Å². The van der Waals surface area contributed by atoms with Crippen LogP contribution in [0.5, 0.6) is 0 Å². The molecular weight excluding hydrogens is 1390 g/mol. The minimum absolute atomic E-state index is 0.106. The lowest BCUT2D eigenvalue weighted by Gasteiger charge is -2.21. The van der Waals surface area contributed by atoms with Crippen LogP contribution in [-0.4, -0.2) is 96.7 Å². The van der Waals surface area contributed by atoms with Gasteiger partial charge in [0.05, 0.1) is 26.4 Å². The van der Waals surface area contributed by atoms with E-state index in [-0.39, 0.29) is 25.7 Å². The van der Waals surface area contributed by atoms with Crippen molar-refractivity contribution in [1.29, 1.82) is 0 Å². The highest BCUT2D eigenvalue weighted by atomic mass is 31.2. The number of phosphoric ester groups is 2. The largest absolute Gasteiger partial charge is 0.472 e. The zero-order chi connectivity index (χ0) is 78.6. The molecule has 19 heteroatoms. The van der Waals surface area contributed by atoms with Gasteiger partial charge in [-0.05, 0) is 43.4 Å². The highest BCUT2D eigenvalue weighted by molar-refractivity contribution is 7.47. The highest BCUT2D eigenvalue weighted by Gasteiger charge is 2.31. The van der Waals surface area contributed by atoms with E-state index in [0.717, 1.165) is 108 Å². The third-order valence-electron chi connectivity index (χ3n) is 21.0. The van der Waals surface area contributed by atoms with Crippen LogP contribution < -0.4 is 0 Å². The maximum absolute atomic E-state index is 13.2. The first kappa shape index (κ1) is 105. The van der Waals surface area contributed by atoms with Gasteiger partial charge in [0.2, 0.25) is 0 Å². The normalized spacial score (nSPS) is 14.1. The van der Waals surface area contributed by atoms with Gasteiger partial charge in [0.1, 0.15) is 19.3 Å². The number of esters is 4. The van der Waals surface area contributed by atoms with Crippen molar-refractivity contribution in [2.45, 2.75) is 484 Å². The Morgan fingerprint density at radius 1 is 0.271 bits per heavy atom. The minimum Gasteiger partial charge on any atom is -0.462 e. The fourth-order valence-corrected chi connectivity index (χ4v) is 15.3. The van der Waals surface area contributed by atoms with Gasteiger partial charge in [-0.25, -0.2) is 9.13 Å². The molecule has 0 aliphatic carbocycles. The molecule has 0 aliphatic rings. The summed E-state index contributed by atoms with van der Waals surface area (Å²) in [7, 11) is -9.93. The summed E-state index contributed by atoms with van der Waals surface area (Å²) in [5.41, 5.74) is 0. The van der Waals surface area contributed by atoms with Crippen LogP contribution in [0.2, 0.25) is 0 Å². The summed E-state index contributed by atoms with van der Waals surface area (Å²) >= 11 is 0. The Balaban J connectivity index is 5.21. The van der Waals surface area contributed by atoms with Gasteiger partial charge in [0.25, 0.3) is 0 Å². The van der Waals surface area contributed by atoms with Crippen molar-refractivity contribution in [1.82, 2.24) is 0 Å². The standard InChI is InChI=1S/C88H172O17P2/c1-8-10-11-12-13-14-15-34-41-48-55-62-69-85(90)98-76-84(105-88(93)72-65-58-51-44-37-39-46-53-60-67-80(5)6)78-103-107(96,97)101-74-82(89)73-100-106(94,95)102-77-83(75-99-86(91)70-63-56-49-42-35-30-26-22-18-16-20-24-28-32-38-45-52-59-66-79(3)4)104-87(92)71-64-57-50-43-36-31-27-23-19-17-21-25-29-33-40-47-54-61-68-81(7)9-2/h79-84,89H,8-78H2,1-7H3,(H,94,95)(H,96,97)/t81?,82-,83-,84-/m1/s1. The van der Waals surface area contributed by atoms with E-state index < -0.39 is 97.5 Å². The zero-order valence-electron chi connectivity index (χ0n) is 70.6. The third kappa shape index (κ3) is 80.5. The molecule has 107 heavy (non-hydrogen) atoms. The summed E-state index contributed by atoms with van der Waals surface area (Å²) in [5.74, 6) is 0.328. The second-order valence-corrected chi connectivity index (χ2v) is 35.7. The van der Waals surface area contributed by atoms with Crippen LogP contribution in [0.3, 0.4) is 0 Å². The first-order valence-corrected chi connectivity index (χ1v) is 48.4. The van der Waals surface area contributed by atoms with E-state index >= 15 is 0 Å². The molecule has 6 atom stereocenters. The smallest absolute Gasteiger partial charge is 0.462 e. The molecule has 0 spiro atoms. The van der Waals surface area contributed by atoms with Crippen LogP contribution in [0, 0.1) is 17.8 Å². The van der Waals surface area contributed by atoms with Crippen molar-refractivity contribution in [3.63, 3.8) is 0 Å². The Kier molecular flexibility index (Phi) is 76.6. The third-order valence-corrected chi connectivity index (χ3v) is 22.9.